The molecule has 1 aliphatic carbocycles. The summed E-state index contributed by atoms with van der Waals surface area (Å²) in [5, 5.41) is 15.4. The van der Waals surface area contributed by atoms with Gasteiger partial charge in [-0.2, -0.15) is 5.10 Å². The molecule has 1 aliphatic rings. The molecule has 1 aromatic heterocycles. The Labute approximate surface area is 196 Å². The minimum absolute atomic E-state index is 0.350. The molecule has 3 aromatic rings. The fraction of sp³-hybridized carbons (Fsp3) is 0.444. The normalized spacial score (nSPS) is 14.6. The smallest absolute Gasteiger partial charge is 0.222 e. The molecule has 0 radical (unpaired) electrons. The van der Waals surface area contributed by atoms with Gasteiger partial charge in [0.2, 0.25) is 5.88 Å². The van der Waals surface area contributed by atoms with Crippen LogP contribution < -0.4 is 4.74 Å². The SMILES string of the molecule is CCOC[C@@H](O)CN(Cc1c(-c2ccccc2)nn(C)c1Oc1cccc(C)c1)CC1CC1. The standard InChI is InChI=1S/C27H35N3O3/c1-4-32-19-23(31)17-30(16-21-13-14-21)18-25-26(22-10-6-5-7-11-22)28-29(3)27(25)33-24-12-8-9-20(2)15-24/h5-12,15,21,23,31H,4,13-14,16-19H2,1-3H3/t23-/m0/s1. The van der Waals surface area contributed by atoms with Crippen molar-refractivity contribution in [3.05, 3.63) is 65.7 Å². The monoisotopic (exact) mass is 449 g/mol. The van der Waals surface area contributed by atoms with E-state index in [1.165, 1.54) is 12.8 Å². The van der Waals surface area contributed by atoms with Crippen LogP contribution in [0.3, 0.4) is 0 Å². The average molecular weight is 450 g/mol. The van der Waals surface area contributed by atoms with Crippen molar-refractivity contribution < 1.29 is 14.6 Å². The highest BCUT2D eigenvalue weighted by molar-refractivity contribution is 5.65. The van der Waals surface area contributed by atoms with Gasteiger partial charge in [0.05, 0.1) is 18.3 Å². The molecule has 0 amide bonds. The van der Waals surface area contributed by atoms with E-state index in [2.05, 4.69) is 30.0 Å². The van der Waals surface area contributed by atoms with Crippen LogP contribution in [-0.2, 0) is 18.3 Å². The Bertz CT molecular complexity index is 1030. The van der Waals surface area contributed by atoms with E-state index in [9.17, 15) is 5.11 Å². The van der Waals surface area contributed by atoms with Crippen molar-refractivity contribution in [1.29, 1.82) is 0 Å². The molecular weight excluding hydrogens is 414 g/mol. The van der Waals surface area contributed by atoms with Crippen LogP contribution in [0.1, 0.15) is 30.9 Å². The Balaban J connectivity index is 1.66. The van der Waals surface area contributed by atoms with Gasteiger partial charge in [-0.3, -0.25) is 4.90 Å². The van der Waals surface area contributed by atoms with Crippen LogP contribution in [0, 0.1) is 12.8 Å². The van der Waals surface area contributed by atoms with Crippen LogP contribution in [0.25, 0.3) is 11.3 Å². The molecule has 0 unspecified atom stereocenters. The lowest BCUT2D eigenvalue weighted by atomic mass is 10.1. The number of hydrogen-bond acceptors (Lipinski definition) is 5. The Morgan fingerprint density at radius 2 is 1.94 bits per heavy atom. The second-order valence-electron chi connectivity index (χ2n) is 8.99. The van der Waals surface area contributed by atoms with Crippen molar-refractivity contribution in [3.63, 3.8) is 0 Å². The third-order valence-corrected chi connectivity index (χ3v) is 5.92. The first-order valence-electron chi connectivity index (χ1n) is 11.9. The molecule has 0 aliphatic heterocycles. The molecule has 0 spiro atoms. The molecule has 1 heterocycles. The van der Waals surface area contributed by atoms with Gasteiger partial charge in [-0.25, -0.2) is 4.68 Å². The summed E-state index contributed by atoms with van der Waals surface area (Å²) in [5.41, 5.74) is 4.16. The summed E-state index contributed by atoms with van der Waals surface area (Å²) in [6.45, 7) is 7.13. The largest absolute Gasteiger partial charge is 0.439 e. The molecule has 6 heteroatoms. The topological polar surface area (TPSA) is 59.8 Å². The summed E-state index contributed by atoms with van der Waals surface area (Å²) in [4.78, 5) is 2.33. The van der Waals surface area contributed by atoms with Gasteiger partial charge in [0.25, 0.3) is 0 Å². The number of nitrogens with zero attached hydrogens (tertiary/aromatic N) is 3. The molecular formula is C27H35N3O3. The lowest BCUT2D eigenvalue weighted by Gasteiger charge is -2.25. The molecule has 4 rings (SSSR count). The first kappa shape index (κ1) is 23.5. The van der Waals surface area contributed by atoms with Gasteiger partial charge in [-0.05, 0) is 50.3 Å². The van der Waals surface area contributed by atoms with E-state index in [-0.39, 0.29) is 0 Å². The summed E-state index contributed by atoms with van der Waals surface area (Å²) >= 11 is 0. The zero-order valence-electron chi connectivity index (χ0n) is 19.9. The fourth-order valence-corrected chi connectivity index (χ4v) is 4.14. The first-order chi connectivity index (χ1) is 16.0. The van der Waals surface area contributed by atoms with Gasteiger partial charge in [0.15, 0.2) is 0 Å². The zero-order chi connectivity index (χ0) is 23.2. The third-order valence-electron chi connectivity index (χ3n) is 5.92. The molecule has 1 saturated carbocycles. The lowest BCUT2D eigenvalue weighted by molar-refractivity contribution is 0.0186. The third kappa shape index (κ3) is 6.44. The summed E-state index contributed by atoms with van der Waals surface area (Å²) in [5.74, 6) is 2.23. The van der Waals surface area contributed by atoms with Crippen LogP contribution in [0.2, 0.25) is 0 Å². The first-order valence-corrected chi connectivity index (χ1v) is 11.9. The molecule has 6 nitrogen and oxygen atoms in total. The quantitative estimate of drug-likeness (QED) is 0.431. The van der Waals surface area contributed by atoms with E-state index >= 15 is 0 Å². The second kappa shape index (κ2) is 11.0. The number of aromatic nitrogens is 2. The minimum atomic E-state index is -0.526. The van der Waals surface area contributed by atoms with Crippen molar-refractivity contribution in [3.8, 4) is 22.9 Å². The van der Waals surface area contributed by atoms with Gasteiger partial charge in [0.1, 0.15) is 11.4 Å². The number of aryl methyl sites for hydroxylation is 2. The van der Waals surface area contributed by atoms with Gasteiger partial charge in [0, 0.05) is 38.9 Å². The van der Waals surface area contributed by atoms with Crippen molar-refractivity contribution in [2.45, 2.75) is 39.3 Å². The molecule has 33 heavy (non-hydrogen) atoms. The van der Waals surface area contributed by atoms with Gasteiger partial charge in [-0.1, -0.05) is 42.5 Å². The maximum Gasteiger partial charge on any atom is 0.222 e. The van der Waals surface area contributed by atoms with Crippen molar-refractivity contribution in [2.24, 2.45) is 13.0 Å². The molecule has 2 aromatic carbocycles. The van der Waals surface area contributed by atoms with E-state index in [1.807, 2.05) is 55.1 Å². The fourth-order valence-electron chi connectivity index (χ4n) is 4.14. The van der Waals surface area contributed by atoms with Crippen LogP contribution in [0.4, 0.5) is 0 Å². The zero-order valence-corrected chi connectivity index (χ0v) is 19.9. The highest BCUT2D eigenvalue weighted by Gasteiger charge is 2.28. The number of aliphatic hydroxyl groups excluding tert-OH is 1. The van der Waals surface area contributed by atoms with E-state index in [0.717, 1.165) is 40.6 Å². The Hall–Kier alpha value is -2.67. The minimum Gasteiger partial charge on any atom is -0.439 e. The number of rotatable bonds is 12. The predicted molar refractivity (Wildman–Crippen MR) is 130 cm³/mol. The molecule has 0 saturated heterocycles. The lowest BCUT2D eigenvalue weighted by Crippen LogP contribution is -2.36. The number of aliphatic hydroxyl groups is 1. The molecule has 0 bridgehead atoms. The average Bonchev–Trinajstić information content (AvgIpc) is 3.57. The molecule has 1 fully saturated rings. The van der Waals surface area contributed by atoms with Crippen molar-refractivity contribution in [2.75, 3.05) is 26.3 Å². The number of benzene rings is 2. The van der Waals surface area contributed by atoms with Crippen LogP contribution in [0.5, 0.6) is 11.6 Å². The Morgan fingerprint density at radius 3 is 2.64 bits per heavy atom. The van der Waals surface area contributed by atoms with Gasteiger partial charge >= 0.3 is 0 Å². The van der Waals surface area contributed by atoms with E-state index in [4.69, 9.17) is 14.6 Å². The number of ether oxygens (including phenoxy) is 2. The predicted octanol–water partition coefficient (Wildman–Crippen LogP) is 4.80. The second-order valence-corrected chi connectivity index (χ2v) is 8.99. The van der Waals surface area contributed by atoms with Crippen LogP contribution >= 0.6 is 0 Å². The van der Waals surface area contributed by atoms with Crippen LogP contribution in [-0.4, -0.2) is 52.2 Å². The van der Waals surface area contributed by atoms with Gasteiger partial charge in [-0.15, -0.1) is 0 Å². The van der Waals surface area contributed by atoms with Crippen molar-refractivity contribution in [1.82, 2.24) is 14.7 Å². The molecule has 1 atom stereocenters. The van der Waals surface area contributed by atoms with Crippen LogP contribution in [0.15, 0.2) is 54.6 Å². The number of hydrogen-bond donors (Lipinski definition) is 1. The Kier molecular flexibility index (Phi) is 7.81. The highest BCUT2D eigenvalue weighted by Crippen LogP contribution is 2.36. The summed E-state index contributed by atoms with van der Waals surface area (Å²) in [6.07, 6.45) is 1.98. The molecule has 176 valence electrons. The van der Waals surface area contributed by atoms with E-state index in [1.54, 1.807) is 0 Å². The summed E-state index contributed by atoms with van der Waals surface area (Å²) in [7, 11) is 1.93. The summed E-state index contributed by atoms with van der Waals surface area (Å²) < 4.78 is 13.7. The Morgan fingerprint density at radius 1 is 1.15 bits per heavy atom. The van der Waals surface area contributed by atoms with Crippen molar-refractivity contribution >= 4 is 0 Å². The van der Waals surface area contributed by atoms with E-state index in [0.29, 0.717) is 32.2 Å². The van der Waals surface area contributed by atoms with Gasteiger partial charge < -0.3 is 14.6 Å². The van der Waals surface area contributed by atoms with E-state index < -0.39 is 6.10 Å². The maximum atomic E-state index is 10.6. The maximum absolute atomic E-state index is 10.6. The molecule has 1 N–H and O–H groups in total. The summed E-state index contributed by atoms with van der Waals surface area (Å²) in [6, 6.07) is 18.3. The highest BCUT2D eigenvalue weighted by atomic mass is 16.5.